The Morgan fingerprint density at radius 2 is 2.07 bits per heavy atom. The third kappa shape index (κ3) is 5.62. The Hall–Kier alpha value is -1.83. The Morgan fingerprint density at radius 1 is 1.21 bits per heavy atom. The average Bonchev–Trinajstić information content (AvgIpc) is 3.18. The van der Waals surface area contributed by atoms with Gasteiger partial charge in [-0.15, -0.1) is 11.3 Å². The van der Waals surface area contributed by atoms with Gasteiger partial charge in [-0.3, -0.25) is 19.6 Å². The van der Waals surface area contributed by atoms with E-state index >= 15 is 0 Å². The van der Waals surface area contributed by atoms with Crippen LogP contribution in [0.25, 0.3) is 0 Å². The highest BCUT2D eigenvalue weighted by Crippen LogP contribution is 2.25. The molecule has 1 N–H and O–H groups in total. The van der Waals surface area contributed by atoms with E-state index in [1.165, 1.54) is 18.5 Å². The van der Waals surface area contributed by atoms with Crippen LogP contribution in [0.3, 0.4) is 0 Å². The summed E-state index contributed by atoms with van der Waals surface area (Å²) in [5.41, 5.74) is 2.12. The molecule has 6 nitrogen and oxygen atoms in total. The molecule has 2 fully saturated rings. The fraction of sp³-hybridized carbons (Fsp3) is 0.591. The lowest BCUT2D eigenvalue weighted by Crippen LogP contribution is -2.50. The van der Waals surface area contributed by atoms with E-state index in [0.29, 0.717) is 12.6 Å². The van der Waals surface area contributed by atoms with Crippen LogP contribution in [-0.4, -0.2) is 57.9 Å². The standard InChI is InChI=1S/C22H31N5OS/c1-17-25-20(16-29-17)15-26-11-7-21(8-12-26)27-10-4-5-18(14-27)22(28)24-13-19-6-2-3-9-23-19/h2-3,6,9,16,18,21H,4-5,7-8,10-15H2,1H3,(H,24,28)/t18-/m1/s1. The number of pyridine rings is 1. The van der Waals surface area contributed by atoms with E-state index in [1.54, 1.807) is 17.5 Å². The molecule has 2 saturated heterocycles. The van der Waals surface area contributed by atoms with Crippen LogP contribution < -0.4 is 5.32 Å². The molecular formula is C22H31N5OS. The lowest BCUT2D eigenvalue weighted by atomic mass is 9.93. The largest absolute Gasteiger partial charge is 0.350 e. The van der Waals surface area contributed by atoms with Crippen molar-refractivity contribution < 1.29 is 4.79 Å². The summed E-state index contributed by atoms with van der Waals surface area (Å²) in [6, 6.07) is 6.41. The molecule has 0 saturated carbocycles. The predicted molar refractivity (Wildman–Crippen MR) is 116 cm³/mol. The first-order valence-electron chi connectivity index (χ1n) is 10.7. The van der Waals surface area contributed by atoms with E-state index in [1.807, 2.05) is 18.2 Å². The van der Waals surface area contributed by atoms with Crippen molar-refractivity contribution in [2.45, 2.75) is 51.7 Å². The summed E-state index contributed by atoms with van der Waals surface area (Å²) in [5, 5.41) is 6.42. The number of nitrogens with one attached hydrogen (secondary N) is 1. The van der Waals surface area contributed by atoms with E-state index in [9.17, 15) is 4.79 Å². The number of thiazole rings is 1. The summed E-state index contributed by atoms with van der Waals surface area (Å²) in [5.74, 6) is 0.278. The maximum absolute atomic E-state index is 12.7. The molecule has 0 radical (unpaired) electrons. The first-order valence-corrected chi connectivity index (χ1v) is 11.6. The van der Waals surface area contributed by atoms with E-state index in [4.69, 9.17) is 0 Å². The molecule has 29 heavy (non-hydrogen) atoms. The summed E-state index contributed by atoms with van der Waals surface area (Å²) < 4.78 is 0. The molecule has 2 aliphatic rings. The number of hydrogen-bond acceptors (Lipinski definition) is 6. The Balaban J connectivity index is 1.23. The number of nitrogens with zero attached hydrogens (tertiary/aromatic N) is 4. The van der Waals surface area contributed by atoms with Crippen LogP contribution >= 0.6 is 11.3 Å². The fourth-order valence-corrected chi connectivity index (χ4v) is 5.13. The van der Waals surface area contributed by atoms with Crippen LogP contribution in [0.15, 0.2) is 29.8 Å². The minimum atomic E-state index is 0.100. The Labute approximate surface area is 177 Å². The van der Waals surface area contributed by atoms with Crippen LogP contribution in [0.5, 0.6) is 0 Å². The molecule has 2 aromatic heterocycles. The quantitative estimate of drug-likeness (QED) is 0.789. The topological polar surface area (TPSA) is 61.4 Å². The number of aromatic nitrogens is 2. The SMILES string of the molecule is Cc1nc(CN2CCC(N3CCC[C@@H](C(=O)NCc4ccccn4)C3)CC2)cs1. The van der Waals surface area contributed by atoms with Gasteiger partial charge in [0, 0.05) is 43.8 Å². The maximum Gasteiger partial charge on any atom is 0.224 e. The molecule has 4 rings (SSSR count). The van der Waals surface area contributed by atoms with Gasteiger partial charge in [-0.05, 0) is 51.3 Å². The monoisotopic (exact) mass is 413 g/mol. The van der Waals surface area contributed by atoms with Crippen LogP contribution in [0.1, 0.15) is 42.1 Å². The summed E-state index contributed by atoms with van der Waals surface area (Å²) in [6.45, 7) is 7.81. The van der Waals surface area contributed by atoms with Crippen molar-refractivity contribution in [3.8, 4) is 0 Å². The van der Waals surface area contributed by atoms with Crippen molar-refractivity contribution in [3.63, 3.8) is 0 Å². The van der Waals surface area contributed by atoms with Crippen molar-refractivity contribution in [2.75, 3.05) is 26.2 Å². The van der Waals surface area contributed by atoms with E-state index < -0.39 is 0 Å². The van der Waals surface area contributed by atoms with Gasteiger partial charge in [0.25, 0.3) is 0 Å². The van der Waals surface area contributed by atoms with Crippen LogP contribution in [-0.2, 0) is 17.9 Å². The van der Waals surface area contributed by atoms with Gasteiger partial charge in [0.15, 0.2) is 0 Å². The Kier molecular flexibility index (Phi) is 6.90. The summed E-state index contributed by atoms with van der Waals surface area (Å²) in [4.78, 5) is 26.7. The molecule has 2 aliphatic heterocycles. The fourth-order valence-electron chi connectivity index (χ4n) is 4.53. The van der Waals surface area contributed by atoms with E-state index in [2.05, 4.69) is 37.4 Å². The van der Waals surface area contributed by atoms with Gasteiger partial charge in [-0.2, -0.15) is 0 Å². The lowest BCUT2D eigenvalue weighted by Gasteiger charge is -2.42. The van der Waals surface area contributed by atoms with Gasteiger partial charge >= 0.3 is 0 Å². The molecule has 4 heterocycles. The number of likely N-dealkylation sites (tertiary alicyclic amines) is 2. The Bertz CT molecular complexity index is 788. The van der Waals surface area contributed by atoms with E-state index in [0.717, 1.165) is 56.3 Å². The molecule has 1 amide bonds. The number of carbonyl (C=O) groups is 1. The smallest absolute Gasteiger partial charge is 0.224 e. The molecule has 0 aliphatic carbocycles. The van der Waals surface area contributed by atoms with Crippen LogP contribution in [0, 0.1) is 12.8 Å². The molecule has 156 valence electrons. The van der Waals surface area contributed by atoms with Crippen molar-refractivity contribution >= 4 is 17.2 Å². The third-order valence-corrected chi connectivity index (χ3v) is 6.94. The van der Waals surface area contributed by atoms with Crippen molar-refractivity contribution in [3.05, 3.63) is 46.2 Å². The molecular weight excluding hydrogens is 382 g/mol. The third-order valence-electron chi connectivity index (χ3n) is 6.12. The number of amides is 1. The predicted octanol–water partition coefficient (Wildman–Crippen LogP) is 2.84. The number of carbonyl (C=O) groups excluding carboxylic acids is 1. The maximum atomic E-state index is 12.7. The number of hydrogen-bond donors (Lipinski definition) is 1. The first kappa shape index (κ1) is 20.4. The highest BCUT2D eigenvalue weighted by molar-refractivity contribution is 7.09. The van der Waals surface area contributed by atoms with Gasteiger partial charge in [0.2, 0.25) is 5.91 Å². The van der Waals surface area contributed by atoms with E-state index in [-0.39, 0.29) is 11.8 Å². The molecule has 0 aromatic carbocycles. The van der Waals surface area contributed by atoms with Gasteiger partial charge in [-0.1, -0.05) is 6.07 Å². The lowest BCUT2D eigenvalue weighted by molar-refractivity contribution is -0.127. The molecule has 2 aromatic rings. The van der Waals surface area contributed by atoms with Crippen LogP contribution in [0.2, 0.25) is 0 Å². The normalized spacial score (nSPS) is 21.9. The van der Waals surface area contributed by atoms with Gasteiger partial charge in [0.05, 0.1) is 28.9 Å². The zero-order chi connectivity index (χ0) is 20.1. The molecule has 0 spiro atoms. The molecule has 0 unspecified atom stereocenters. The second-order valence-electron chi connectivity index (χ2n) is 8.24. The van der Waals surface area contributed by atoms with Gasteiger partial charge in [0.1, 0.15) is 0 Å². The summed E-state index contributed by atoms with van der Waals surface area (Å²) >= 11 is 1.73. The average molecular weight is 414 g/mol. The molecule has 0 bridgehead atoms. The van der Waals surface area contributed by atoms with Gasteiger partial charge in [-0.25, -0.2) is 4.98 Å². The number of rotatable bonds is 6. The molecule has 1 atom stereocenters. The zero-order valence-corrected chi connectivity index (χ0v) is 18.0. The highest BCUT2D eigenvalue weighted by Gasteiger charge is 2.31. The molecule has 7 heteroatoms. The number of piperidine rings is 2. The first-order chi connectivity index (χ1) is 14.2. The van der Waals surface area contributed by atoms with Crippen molar-refractivity contribution in [1.29, 1.82) is 0 Å². The van der Waals surface area contributed by atoms with Gasteiger partial charge < -0.3 is 5.32 Å². The van der Waals surface area contributed by atoms with Crippen LogP contribution in [0.4, 0.5) is 0 Å². The summed E-state index contributed by atoms with van der Waals surface area (Å²) in [6.07, 6.45) is 6.25. The minimum Gasteiger partial charge on any atom is -0.350 e. The minimum absolute atomic E-state index is 0.100. The van der Waals surface area contributed by atoms with Crippen molar-refractivity contribution in [2.24, 2.45) is 5.92 Å². The second kappa shape index (κ2) is 9.78. The number of aryl methyl sites for hydroxylation is 1. The summed E-state index contributed by atoms with van der Waals surface area (Å²) in [7, 11) is 0. The second-order valence-corrected chi connectivity index (χ2v) is 9.30. The highest BCUT2D eigenvalue weighted by atomic mass is 32.1. The zero-order valence-electron chi connectivity index (χ0n) is 17.2. The van der Waals surface area contributed by atoms with Crippen molar-refractivity contribution in [1.82, 2.24) is 25.1 Å². The Morgan fingerprint density at radius 3 is 2.79 bits per heavy atom.